The monoisotopic (exact) mass is 381 g/mol. The van der Waals surface area contributed by atoms with Crippen molar-refractivity contribution in [2.75, 3.05) is 19.0 Å². The quantitative estimate of drug-likeness (QED) is 0.771. The highest BCUT2D eigenvalue weighted by molar-refractivity contribution is 6.39. The molecule has 1 unspecified atom stereocenters. The molecule has 0 spiro atoms. The lowest BCUT2D eigenvalue weighted by molar-refractivity contribution is -0.907. The number of carbonyl (C=O) groups is 1. The third-order valence-electron chi connectivity index (χ3n) is 4.06. The van der Waals surface area contributed by atoms with Crippen molar-refractivity contribution in [2.24, 2.45) is 0 Å². The number of rotatable bonds is 7. The summed E-state index contributed by atoms with van der Waals surface area (Å²) < 4.78 is 5.44. The second-order valence-electron chi connectivity index (χ2n) is 5.91. The maximum Gasteiger partial charge on any atom is 0.282 e. The Labute approximate surface area is 158 Å². The number of benzene rings is 2. The van der Waals surface area contributed by atoms with Crippen molar-refractivity contribution in [1.29, 1.82) is 0 Å². The molecule has 1 amide bonds. The molecule has 6 heteroatoms. The predicted molar refractivity (Wildman–Crippen MR) is 103 cm³/mol. The van der Waals surface area contributed by atoms with E-state index in [1.165, 1.54) is 0 Å². The van der Waals surface area contributed by atoms with Gasteiger partial charge in [-0.3, -0.25) is 4.79 Å². The summed E-state index contributed by atoms with van der Waals surface area (Å²) in [6.07, 6.45) is 0. The topological polar surface area (TPSA) is 42.8 Å². The number of hydrogen-bond acceptors (Lipinski definition) is 2. The van der Waals surface area contributed by atoms with Gasteiger partial charge in [-0.05, 0) is 50.2 Å². The van der Waals surface area contributed by atoms with E-state index in [1.807, 2.05) is 45.2 Å². The summed E-state index contributed by atoms with van der Waals surface area (Å²) in [6, 6.07) is 12.8. The molecular formula is C19H23Cl2N2O2+. The third kappa shape index (κ3) is 5.36. The second kappa shape index (κ2) is 9.09. The van der Waals surface area contributed by atoms with Gasteiger partial charge in [0, 0.05) is 5.56 Å². The number of anilines is 1. The van der Waals surface area contributed by atoms with E-state index < -0.39 is 0 Å². The number of carbonyl (C=O) groups excluding carboxylic acids is 1. The van der Waals surface area contributed by atoms with E-state index in [9.17, 15) is 4.79 Å². The molecule has 0 fully saturated rings. The Balaban J connectivity index is 1.98. The lowest BCUT2D eigenvalue weighted by Crippen LogP contribution is -3.12. The zero-order chi connectivity index (χ0) is 18.4. The summed E-state index contributed by atoms with van der Waals surface area (Å²) in [5, 5.41) is 3.68. The van der Waals surface area contributed by atoms with Crippen LogP contribution in [0.1, 0.15) is 19.4 Å². The van der Waals surface area contributed by atoms with E-state index in [1.54, 1.807) is 18.2 Å². The minimum absolute atomic E-state index is 0.126. The van der Waals surface area contributed by atoms with Crippen LogP contribution in [0.2, 0.25) is 10.0 Å². The van der Waals surface area contributed by atoms with Gasteiger partial charge in [0.1, 0.15) is 12.3 Å². The first-order valence-electron chi connectivity index (χ1n) is 8.21. The third-order valence-corrected chi connectivity index (χ3v) is 4.69. The Morgan fingerprint density at radius 3 is 2.32 bits per heavy atom. The molecular weight excluding hydrogens is 359 g/mol. The Kier molecular flexibility index (Phi) is 7.12. The minimum atomic E-state index is -0.265. The fraction of sp³-hybridized carbons (Fsp3) is 0.316. The maximum atomic E-state index is 12.5. The van der Waals surface area contributed by atoms with Crippen LogP contribution in [0, 0.1) is 0 Å². The fourth-order valence-corrected chi connectivity index (χ4v) is 2.91. The van der Waals surface area contributed by atoms with Gasteiger partial charge >= 0.3 is 0 Å². The van der Waals surface area contributed by atoms with Gasteiger partial charge in [-0.15, -0.1) is 0 Å². The van der Waals surface area contributed by atoms with Crippen molar-refractivity contribution in [3.63, 3.8) is 0 Å². The van der Waals surface area contributed by atoms with Gasteiger partial charge < -0.3 is 15.0 Å². The highest BCUT2D eigenvalue weighted by atomic mass is 35.5. The normalized spacial score (nSPS) is 13.2. The van der Waals surface area contributed by atoms with Crippen LogP contribution < -0.4 is 15.0 Å². The van der Waals surface area contributed by atoms with Crippen molar-refractivity contribution >= 4 is 34.8 Å². The average Bonchev–Trinajstić information content (AvgIpc) is 2.59. The number of nitrogens with one attached hydrogen (secondary N) is 2. The van der Waals surface area contributed by atoms with Crippen LogP contribution in [-0.2, 0) is 11.3 Å². The molecule has 2 N–H and O–H groups in total. The number of hydrogen-bond donors (Lipinski definition) is 2. The minimum Gasteiger partial charge on any atom is -0.494 e. The Hall–Kier alpha value is -1.75. The van der Waals surface area contributed by atoms with E-state index in [-0.39, 0.29) is 11.9 Å². The van der Waals surface area contributed by atoms with Crippen molar-refractivity contribution in [3.8, 4) is 5.75 Å². The Bertz CT molecular complexity index is 700. The zero-order valence-electron chi connectivity index (χ0n) is 14.6. The molecule has 0 aliphatic carbocycles. The van der Waals surface area contributed by atoms with Crippen molar-refractivity contribution in [3.05, 3.63) is 58.1 Å². The number of para-hydroxylation sites is 1. The number of amides is 1. The van der Waals surface area contributed by atoms with E-state index in [0.29, 0.717) is 22.3 Å². The molecule has 0 radical (unpaired) electrons. The van der Waals surface area contributed by atoms with Crippen LogP contribution in [-0.4, -0.2) is 25.6 Å². The van der Waals surface area contributed by atoms with E-state index in [2.05, 4.69) is 5.32 Å². The Morgan fingerprint density at radius 1 is 1.16 bits per heavy atom. The van der Waals surface area contributed by atoms with Crippen molar-refractivity contribution in [1.82, 2.24) is 0 Å². The summed E-state index contributed by atoms with van der Waals surface area (Å²) in [7, 11) is 1.98. The van der Waals surface area contributed by atoms with Crippen LogP contribution in [0.4, 0.5) is 5.69 Å². The summed E-state index contributed by atoms with van der Waals surface area (Å²) in [5.41, 5.74) is 1.59. The van der Waals surface area contributed by atoms with Crippen LogP contribution in [0.5, 0.6) is 5.75 Å². The lowest BCUT2D eigenvalue weighted by Gasteiger charge is -2.21. The summed E-state index contributed by atoms with van der Waals surface area (Å²) >= 11 is 12.2. The van der Waals surface area contributed by atoms with Crippen molar-refractivity contribution in [2.45, 2.75) is 26.4 Å². The molecule has 0 aliphatic heterocycles. The van der Waals surface area contributed by atoms with E-state index >= 15 is 0 Å². The van der Waals surface area contributed by atoms with Crippen LogP contribution in [0.25, 0.3) is 0 Å². The number of ether oxygens (including phenoxy) is 1. The molecule has 134 valence electrons. The van der Waals surface area contributed by atoms with Gasteiger partial charge in [-0.1, -0.05) is 29.3 Å². The van der Waals surface area contributed by atoms with Gasteiger partial charge in [-0.25, -0.2) is 0 Å². The molecule has 25 heavy (non-hydrogen) atoms. The first-order chi connectivity index (χ1) is 11.9. The molecule has 0 aliphatic rings. The van der Waals surface area contributed by atoms with E-state index in [4.69, 9.17) is 27.9 Å². The smallest absolute Gasteiger partial charge is 0.282 e. The largest absolute Gasteiger partial charge is 0.494 e. The molecule has 0 saturated carbocycles. The SMILES string of the molecule is CCOc1ccc(C[NH+](C)[C@H](C)C(=O)Nc2c(Cl)cccc2Cl)cc1. The van der Waals surface area contributed by atoms with Gasteiger partial charge in [0.25, 0.3) is 5.91 Å². The molecule has 0 heterocycles. The van der Waals surface area contributed by atoms with E-state index in [0.717, 1.165) is 22.8 Å². The number of quaternary nitrogens is 1. The van der Waals surface area contributed by atoms with Crippen LogP contribution in [0.15, 0.2) is 42.5 Å². The maximum absolute atomic E-state index is 12.5. The average molecular weight is 382 g/mol. The highest BCUT2D eigenvalue weighted by Crippen LogP contribution is 2.29. The first kappa shape index (κ1) is 19.6. The predicted octanol–water partition coefficient (Wildman–Crippen LogP) is 3.43. The lowest BCUT2D eigenvalue weighted by atomic mass is 10.1. The van der Waals surface area contributed by atoms with Gasteiger partial charge in [0.15, 0.2) is 6.04 Å². The molecule has 2 atom stereocenters. The van der Waals surface area contributed by atoms with Gasteiger partial charge in [0.05, 0.1) is 29.4 Å². The van der Waals surface area contributed by atoms with Crippen LogP contribution >= 0.6 is 23.2 Å². The second-order valence-corrected chi connectivity index (χ2v) is 6.72. The van der Waals surface area contributed by atoms with Gasteiger partial charge in [0.2, 0.25) is 0 Å². The Morgan fingerprint density at radius 2 is 1.76 bits per heavy atom. The van der Waals surface area contributed by atoms with Crippen LogP contribution in [0.3, 0.4) is 0 Å². The summed E-state index contributed by atoms with van der Waals surface area (Å²) in [4.78, 5) is 13.6. The number of likely N-dealkylation sites (N-methyl/N-ethyl adjacent to an activating group) is 1. The molecule has 2 rings (SSSR count). The molecule has 0 saturated heterocycles. The summed E-state index contributed by atoms with van der Waals surface area (Å²) in [5.74, 6) is 0.724. The molecule has 4 nitrogen and oxygen atoms in total. The molecule has 2 aromatic rings. The summed E-state index contributed by atoms with van der Waals surface area (Å²) in [6.45, 7) is 5.20. The standard InChI is InChI=1S/C19H22Cl2N2O2/c1-4-25-15-10-8-14(9-11-15)12-23(3)13(2)19(24)22-18-16(20)6-5-7-17(18)21/h5-11,13H,4,12H2,1-3H3,(H,22,24)/p+1/t13-/m1/s1. The molecule has 0 bridgehead atoms. The molecule has 0 aromatic heterocycles. The number of halogens is 2. The molecule has 2 aromatic carbocycles. The first-order valence-corrected chi connectivity index (χ1v) is 8.97. The van der Waals surface area contributed by atoms with Crippen molar-refractivity contribution < 1.29 is 14.4 Å². The zero-order valence-corrected chi connectivity index (χ0v) is 16.1. The fourth-order valence-electron chi connectivity index (χ4n) is 2.42. The van der Waals surface area contributed by atoms with Gasteiger partial charge in [-0.2, -0.15) is 0 Å². The highest BCUT2D eigenvalue weighted by Gasteiger charge is 2.23.